The van der Waals surface area contributed by atoms with E-state index in [2.05, 4.69) is 4.98 Å². The highest BCUT2D eigenvalue weighted by molar-refractivity contribution is 7.17. The van der Waals surface area contributed by atoms with Crippen molar-refractivity contribution in [2.45, 2.75) is 6.54 Å². The summed E-state index contributed by atoms with van der Waals surface area (Å²) >= 11 is 1.18. The Balaban J connectivity index is 2.38. The van der Waals surface area contributed by atoms with Gasteiger partial charge in [-0.1, -0.05) is 6.07 Å². The third kappa shape index (κ3) is 2.95. The number of hydrogen-bond acceptors (Lipinski definition) is 7. The first-order valence-corrected chi connectivity index (χ1v) is 6.90. The number of thiophene rings is 1. The van der Waals surface area contributed by atoms with Crippen LogP contribution >= 0.6 is 11.3 Å². The monoisotopic (exact) mass is 302 g/mol. The van der Waals surface area contributed by atoms with Gasteiger partial charge in [-0.05, 0) is 11.6 Å². The molecule has 0 amide bonds. The van der Waals surface area contributed by atoms with Crippen LogP contribution in [0.15, 0.2) is 24.5 Å². The molecular weight excluding hydrogens is 288 g/mol. The molecule has 0 saturated heterocycles. The van der Waals surface area contributed by atoms with Gasteiger partial charge in [-0.15, -0.1) is 11.3 Å². The molecule has 108 valence electrons. The summed E-state index contributed by atoms with van der Waals surface area (Å²) in [4.78, 5) is 18.1. The smallest absolute Gasteiger partial charge is 0.343 e. The second-order valence-corrected chi connectivity index (χ2v) is 5.34. The average molecular weight is 302 g/mol. The molecule has 2 rings (SSSR count). The maximum atomic E-state index is 11.9. The lowest BCUT2D eigenvalue weighted by molar-refractivity contribution is 0.0603. The molecule has 2 aromatic rings. The molecule has 6 nitrogen and oxygen atoms in total. The number of methoxy groups -OCH3 is 1. The predicted octanol–water partition coefficient (Wildman–Crippen LogP) is 2.02. The Morgan fingerprint density at radius 3 is 2.95 bits per heavy atom. The van der Waals surface area contributed by atoms with Gasteiger partial charge >= 0.3 is 5.97 Å². The highest BCUT2D eigenvalue weighted by atomic mass is 32.1. The number of nitriles is 1. The minimum Gasteiger partial charge on any atom is -0.465 e. The van der Waals surface area contributed by atoms with E-state index in [1.54, 1.807) is 12.4 Å². The van der Waals surface area contributed by atoms with Crippen molar-refractivity contribution < 1.29 is 9.53 Å². The molecule has 0 spiro atoms. The molecule has 0 aliphatic carbocycles. The van der Waals surface area contributed by atoms with Crippen molar-refractivity contribution in [2.24, 2.45) is 0 Å². The van der Waals surface area contributed by atoms with Crippen molar-refractivity contribution in [1.82, 2.24) is 4.98 Å². The molecule has 0 bridgehead atoms. The fourth-order valence-electron chi connectivity index (χ4n) is 1.92. The van der Waals surface area contributed by atoms with Crippen LogP contribution < -0.4 is 10.6 Å². The van der Waals surface area contributed by atoms with Gasteiger partial charge in [-0.3, -0.25) is 4.98 Å². The molecular formula is C14H14N4O2S. The van der Waals surface area contributed by atoms with Crippen LogP contribution in [0.3, 0.4) is 0 Å². The van der Waals surface area contributed by atoms with E-state index in [9.17, 15) is 4.79 Å². The van der Waals surface area contributed by atoms with E-state index in [-0.39, 0.29) is 11.3 Å². The summed E-state index contributed by atoms with van der Waals surface area (Å²) in [7, 11) is 3.11. The van der Waals surface area contributed by atoms with Gasteiger partial charge in [0.1, 0.15) is 21.5 Å². The summed E-state index contributed by atoms with van der Waals surface area (Å²) in [5, 5.41) is 9.69. The Hall–Kier alpha value is -2.59. The molecule has 0 fully saturated rings. The van der Waals surface area contributed by atoms with Crippen molar-refractivity contribution in [3.8, 4) is 6.07 Å². The Labute approximate surface area is 126 Å². The molecule has 2 N–H and O–H groups in total. The minimum absolute atomic E-state index is 0.169. The van der Waals surface area contributed by atoms with Gasteiger partial charge in [0, 0.05) is 26.0 Å². The van der Waals surface area contributed by atoms with Crippen molar-refractivity contribution >= 4 is 28.0 Å². The zero-order chi connectivity index (χ0) is 15.4. The third-order valence-corrected chi connectivity index (χ3v) is 4.13. The van der Waals surface area contributed by atoms with Crippen LogP contribution in [0.25, 0.3) is 0 Å². The van der Waals surface area contributed by atoms with Crippen molar-refractivity contribution in [3.63, 3.8) is 0 Å². The zero-order valence-corrected chi connectivity index (χ0v) is 12.5. The maximum absolute atomic E-state index is 11.9. The van der Waals surface area contributed by atoms with Gasteiger partial charge in [0.25, 0.3) is 0 Å². The number of aromatic nitrogens is 1. The van der Waals surface area contributed by atoms with E-state index in [1.165, 1.54) is 18.4 Å². The molecule has 0 atom stereocenters. The lowest BCUT2D eigenvalue weighted by atomic mass is 10.2. The third-order valence-electron chi connectivity index (χ3n) is 2.91. The van der Waals surface area contributed by atoms with Crippen molar-refractivity contribution in [1.29, 1.82) is 5.26 Å². The number of ether oxygens (including phenoxy) is 1. The first-order chi connectivity index (χ1) is 10.1. The second-order valence-electron chi connectivity index (χ2n) is 4.35. The molecule has 21 heavy (non-hydrogen) atoms. The second kappa shape index (κ2) is 6.24. The summed E-state index contributed by atoms with van der Waals surface area (Å²) in [6.07, 6.45) is 3.44. The SMILES string of the molecule is COC(=O)c1c(N(C)Cc2cccnc2)sc(C#N)c1N. The number of carbonyl (C=O) groups is 1. The quantitative estimate of drug-likeness (QED) is 0.869. The first kappa shape index (κ1) is 14.8. The Morgan fingerprint density at radius 1 is 1.62 bits per heavy atom. The van der Waals surface area contributed by atoms with Gasteiger partial charge in [0.2, 0.25) is 0 Å². The summed E-state index contributed by atoms with van der Waals surface area (Å²) < 4.78 is 4.76. The Bertz CT molecular complexity index is 691. The van der Waals surface area contributed by atoms with E-state index >= 15 is 0 Å². The number of nitrogen functional groups attached to an aromatic ring is 1. The number of nitrogens with two attached hydrogens (primary N) is 1. The highest BCUT2D eigenvalue weighted by Gasteiger charge is 2.25. The number of nitrogens with zero attached hydrogens (tertiary/aromatic N) is 3. The van der Waals surface area contributed by atoms with Crippen LogP contribution in [0.4, 0.5) is 10.7 Å². The zero-order valence-electron chi connectivity index (χ0n) is 11.7. The lowest BCUT2D eigenvalue weighted by Crippen LogP contribution is -2.18. The highest BCUT2D eigenvalue weighted by Crippen LogP contribution is 2.38. The van der Waals surface area contributed by atoms with Crippen molar-refractivity contribution in [2.75, 3.05) is 24.8 Å². The van der Waals surface area contributed by atoms with Gasteiger partial charge in [-0.2, -0.15) is 5.26 Å². The molecule has 2 aromatic heterocycles. The number of hydrogen-bond donors (Lipinski definition) is 1. The van der Waals surface area contributed by atoms with Gasteiger partial charge < -0.3 is 15.4 Å². The van der Waals surface area contributed by atoms with Crippen LogP contribution in [-0.2, 0) is 11.3 Å². The van der Waals surface area contributed by atoms with Gasteiger partial charge in [0.05, 0.1) is 12.8 Å². The number of esters is 1. The maximum Gasteiger partial charge on any atom is 0.343 e. The standard InChI is InChI=1S/C14H14N4O2S/c1-18(8-9-4-3-5-17-7-9)13-11(14(19)20-2)12(16)10(6-15)21-13/h3-5,7H,8,16H2,1-2H3. The molecule has 0 radical (unpaired) electrons. The minimum atomic E-state index is -0.543. The molecule has 0 aromatic carbocycles. The van der Waals surface area contributed by atoms with Crippen LogP contribution in [0.2, 0.25) is 0 Å². The summed E-state index contributed by atoms with van der Waals surface area (Å²) in [6, 6.07) is 5.78. The van der Waals surface area contributed by atoms with E-state index in [4.69, 9.17) is 15.7 Å². The van der Waals surface area contributed by atoms with Crippen LogP contribution in [0.1, 0.15) is 20.8 Å². The molecule has 0 unspecified atom stereocenters. The molecule has 0 saturated carbocycles. The fraction of sp³-hybridized carbons (Fsp3) is 0.214. The number of carbonyl (C=O) groups excluding carboxylic acids is 1. The van der Waals surface area contributed by atoms with Gasteiger partial charge in [-0.25, -0.2) is 4.79 Å². The topological polar surface area (TPSA) is 92.2 Å². The summed E-state index contributed by atoms with van der Waals surface area (Å²) in [5.41, 5.74) is 7.27. The van der Waals surface area contributed by atoms with Crippen LogP contribution in [-0.4, -0.2) is 25.1 Å². The Morgan fingerprint density at radius 2 is 2.38 bits per heavy atom. The van der Waals surface area contributed by atoms with Crippen LogP contribution in [0, 0.1) is 11.3 Å². The number of anilines is 2. The largest absolute Gasteiger partial charge is 0.465 e. The molecule has 0 aliphatic heterocycles. The lowest BCUT2D eigenvalue weighted by Gasteiger charge is -2.18. The molecule has 0 aliphatic rings. The summed E-state index contributed by atoms with van der Waals surface area (Å²) in [6.45, 7) is 0.544. The normalized spacial score (nSPS) is 9.95. The first-order valence-electron chi connectivity index (χ1n) is 6.09. The molecule has 7 heteroatoms. The van der Waals surface area contributed by atoms with Gasteiger partial charge in [0.15, 0.2) is 0 Å². The molecule has 2 heterocycles. The predicted molar refractivity (Wildman–Crippen MR) is 81.1 cm³/mol. The van der Waals surface area contributed by atoms with E-state index < -0.39 is 5.97 Å². The van der Waals surface area contributed by atoms with Crippen molar-refractivity contribution in [3.05, 3.63) is 40.5 Å². The fourth-order valence-corrected chi connectivity index (χ4v) is 2.89. The number of rotatable bonds is 4. The summed E-state index contributed by atoms with van der Waals surface area (Å²) in [5.74, 6) is -0.543. The van der Waals surface area contributed by atoms with E-state index in [1.807, 2.05) is 30.1 Å². The van der Waals surface area contributed by atoms with E-state index in [0.717, 1.165) is 5.56 Å². The average Bonchev–Trinajstić information content (AvgIpc) is 2.84. The number of pyridine rings is 1. The Kier molecular flexibility index (Phi) is 4.40. The van der Waals surface area contributed by atoms with E-state index in [0.29, 0.717) is 16.4 Å². The van der Waals surface area contributed by atoms with Crippen LogP contribution in [0.5, 0.6) is 0 Å².